The number of fused-ring (bicyclic) bond motifs is 3. The quantitative estimate of drug-likeness (QED) is 0.711. The van der Waals surface area contributed by atoms with Crippen LogP contribution >= 0.6 is 0 Å². The summed E-state index contributed by atoms with van der Waals surface area (Å²) in [6.07, 6.45) is 2.88. The van der Waals surface area contributed by atoms with Crippen LogP contribution in [0.15, 0.2) is 12.1 Å². The molecule has 3 heteroatoms. The molecule has 2 aromatic rings. The first-order valence-electron chi connectivity index (χ1n) is 5.95. The average Bonchev–Trinajstić information content (AvgIpc) is 2.55. The molecule has 0 aliphatic heterocycles. The van der Waals surface area contributed by atoms with Crippen molar-refractivity contribution < 1.29 is 8.78 Å². The van der Waals surface area contributed by atoms with Crippen molar-refractivity contribution in [3.8, 4) is 0 Å². The van der Waals surface area contributed by atoms with Gasteiger partial charge in [0.25, 0.3) is 0 Å². The van der Waals surface area contributed by atoms with Crippen molar-refractivity contribution in [2.24, 2.45) is 5.41 Å². The molecule has 0 saturated heterocycles. The summed E-state index contributed by atoms with van der Waals surface area (Å²) in [5.74, 6) is -0.993. The minimum Gasteiger partial charge on any atom is -0.356 e. The molecule has 1 aromatic carbocycles. The summed E-state index contributed by atoms with van der Waals surface area (Å²) < 4.78 is 26.9. The molecule has 0 amide bonds. The van der Waals surface area contributed by atoms with E-state index < -0.39 is 11.6 Å². The molecule has 0 unspecified atom stereocenters. The van der Waals surface area contributed by atoms with Gasteiger partial charge in [-0.15, -0.1) is 0 Å². The number of aromatic nitrogens is 1. The summed E-state index contributed by atoms with van der Waals surface area (Å²) in [5, 5.41) is 0.713. The van der Waals surface area contributed by atoms with Crippen molar-refractivity contribution in [3.63, 3.8) is 0 Å². The van der Waals surface area contributed by atoms with E-state index >= 15 is 0 Å². The Morgan fingerprint density at radius 1 is 1.24 bits per heavy atom. The van der Waals surface area contributed by atoms with Gasteiger partial charge in [-0.1, -0.05) is 13.8 Å². The lowest BCUT2D eigenvalue weighted by Gasteiger charge is -2.29. The Morgan fingerprint density at radius 3 is 2.76 bits per heavy atom. The fourth-order valence-electron chi connectivity index (χ4n) is 2.77. The normalized spacial score (nSPS) is 18.4. The van der Waals surface area contributed by atoms with Crippen LogP contribution < -0.4 is 0 Å². The summed E-state index contributed by atoms with van der Waals surface area (Å²) in [6, 6.07) is 2.38. The van der Waals surface area contributed by atoms with E-state index in [0.29, 0.717) is 10.9 Å². The SMILES string of the molecule is CC1(C)CCc2[nH]c3c(F)cc(F)cc3c2C1. The van der Waals surface area contributed by atoms with E-state index in [2.05, 4.69) is 18.8 Å². The van der Waals surface area contributed by atoms with Gasteiger partial charge in [0.2, 0.25) is 0 Å². The fraction of sp³-hybridized carbons (Fsp3) is 0.429. The Labute approximate surface area is 98.8 Å². The zero-order chi connectivity index (χ0) is 12.2. The van der Waals surface area contributed by atoms with Crippen LogP contribution in [0.2, 0.25) is 0 Å². The molecule has 0 radical (unpaired) electrons. The van der Waals surface area contributed by atoms with Crippen LogP contribution in [0.3, 0.4) is 0 Å². The Bertz CT molecular complexity index is 596. The zero-order valence-corrected chi connectivity index (χ0v) is 10.0. The number of hydrogen-bond acceptors (Lipinski definition) is 0. The predicted molar refractivity (Wildman–Crippen MR) is 64.0 cm³/mol. The highest BCUT2D eigenvalue weighted by Gasteiger charge is 2.28. The van der Waals surface area contributed by atoms with Gasteiger partial charge in [-0.05, 0) is 36.3 Å². The Kier molecular flexibility index (Phi) is 2.09. The Balaban J connectivity index is 2.28. The topological polar surface area (TPSA) is 15.8 Å². The van der Waals surface area contributed by atoms with Crippen molar-refractivity contribution in [2.75, 3.05) is 0 Å². The molecule has 1 heterocycles. The van der Waals surface area contributed by atoms with E-state index in [1.54, 1.807) is 0 Å². The minimum atomic E-state index is -0.500. The highest BCUT2D eigenvalue weighted by Crippen LogP contribution is 2.38. The Morgan fingerprint density at radius 2 is 2.00 bits per heavy atom. The van der Waals surface area contributed by atoms with Crippen molar-refractivity contribution in [2.45, 2.75) is 33.1 Å². The van der Waals surface area contributed by atoms with Gasteiger partial charge in [-0.2, -0.15) is 0 Å². The molecular formula is C14H15F2N. The van der Waals surface area contributed by atoms with Crippen molar-refractivity contribution in [3.05, 3.63) is 35.0 Å². The lowest BCUT2D eigenvalue weighted by Crippen LogP contribution is -2.21. The van der Waals surface area contributed by atoms with Gasteiger partial charge in [0.15, 0.2) is 0 Å². The lowest BCUT2D eigenvalue weighted by atomic mass is 9.76. The lowest BCUT2D eigenvalue weighted by molar-refractivity contribution is 0.315. The number of benzene rings is 1. The molecule has 0 atom stereocenters. The molecule has 1 nitrogen and oxygen atoms in total. The first-order chi connectivity index (χ1) is 7.96. The largest absolute Gasteiger partial charge is 0.356 e. The van der Waals surface area contributed by atoms with Crippen LogP contribution in [-0.4, -0.2) is 4.98 Å². The number of aromatic amines is 1. The maximum absolute atomic E-state index is 13.7. The first-order valence-corrected chi connectivity index (χ1v) is 5.95. The molecule has 1 N–H and O–H groups in total. The van der Waals surface area contributed by atoms with Gasteiger partial charge in [-0.25, -0.2) is 8.78 Å². The van der Waals surface area contributed by atoms with Crippen molar-refractivity contribution in [1.29, 1.82) is 0 Å². The molecule has 1 aliphatic carbocycles. The Hall–Kier alpha value is -1.38. The third kappa shape index (κ3) is 1.65. The zero-order valence-electron chi connectivity index (χ0n) is 10.0. The third-order valence-electron chi connectivity index (χ3n) is 3.73. The van der Waals surface area contributed by atoms with Crippen molar-refractivity contribution >= 4 is 10.9 Å². The predicted octanol–water partition coefficient (Wildman–Crippen LogP) is 3.96. The summed E-state index contributed by atoms with van der Waals surface area (Å²) in [5.41, 5.74) is 2.83. The first kappa shape index (κ1) is 10.8. The highest BCUT2D eigenvalue weighted by molar-refractivity contribution is 5.85. The number of rotatable bonds is 0. The van der Waals surface area contributed by atoms with E-state index in [1.807, 2.05) is 0 Å². The van der Waals surface area contributed by atoms with E-state index in [9.17, 15) is 8.78 Å². The van der Waals surface area contributed by atoms with Crippen LogP contribution in [0.25, 0.3) is 10.9 Å². The third-order valence-corrected chi connectivity index (χ3v) is 3.73. The van der Waals surface area contributed by atoms with Gasteiger partial charge in [0.1, 0.15) is 11.6 Å². The second-order valence-electron chi connectivity index (χ2n) is 5.73. The molecule has 1 aromatic heterocycles. The molecule has 0 bridgehead atoms. The second kappa shape index (κ2) is 3.31. The van der Waals surface area contributed by atoms with Crippen LogP contribution in [-0.2, 0) is 12.8 Å². The van der Waals surface area contributed by atoms with Gasteiger partial charge in [-0.3, -0.25) is 0 Å². The van der Waals surface area contributed by atoms with Crippen LogP contribution in [0.1, 0.15) is 31.5 Å². The van der Waals surface area contributed by atoms with Crippen LogP contribution in [0, 0.1) is 17.0 Å². The van der Waals surface area contributed by atoms with Gasteiger partial charge in [0, 0.05) is 17.1 Å². The molecule has 0 fully saturated rings. The second-order valence-corrected chi connectivity index (χ2v) is 5.73. The molecule has 3 rings (SSSR count). The molecule has 90 valence electrons. The maximum atomic E-state index is 13.7. The van der Waals surface area contributed by atoms with E-state index in [4.69, 9.17) is 0 Å². The van der Waals surface area contributed by atoms with Crippen LogP contribution in [0.4, 0.5) is 8.78 Å². The molecule has 17 heavy (non-hydrogen) atoms. The minimum absolute atomic E-state index is 0.213. The molecule has 0 saturated carbocycles. The molecule has 0 spiro atoms. The molecular weight excluding hydrogens is 220 g/mol. The maximum Gasteiger partial charge on any atom is 0.150 e. The van der Waals surface area contributed by atoms with E-state index in [1.165, 1.54) is 6.07 Å². The number of hydrogen-bond donors (Lipinski definition) is 1. The number of nitrogens with one attached hydrogen (secondary N) is 1. The number of aryl methyl sites for hydroxylation is 1. The smallest absolute Gasteiger partial charge is 0.150 e. The summed E-state index contributed by atoms with van der Waals surface area (Å²) in [6.45, 7) is 4.40. The standard InChI is InChI=1S/C14H15F2N/c1-14(2)4-3-12-10(7-14)9-5-8(15)6-11(16)13(9)17-12/h5-6,17H,3-4,7H2,1-2H3. The molecule has 1 aliphatic rings. The van der Waals surface area contributed by atoms with E-state index in [0.717, 1.165) is 36.6 Å². The van der Waals surface area contributed by atoms with Gasteiger partial charge < -0.3 is 4.98 Å². The van der Waals surface area contributed by atoms with Gasteiger partial charge >= 0.3 is 0 Å². The number of H-pyrrole nitrogens is 1. The summed E-state index contributed by atoms with van der Waals surface area (Å²) in [7, 11) is 0. The number of halogens is 2. The van der Waals surface area contributed by atoms with Crippen molar-refractivity contribution in [1.82, 2.24) is 4.98 Å². The highest BCUT2D eigenvalue weighted by atomic mass is 19.1. The van der Waals surface area contributed by atoms with E-state index in [-0.39, 0.29) is 5.41 Å². The van der Waals surface area contributed by atoms with Crippen LogP contribution in [0.5, 0.6) is 0 Å². The fourth-order valence-corrected chi connectivity index (χ4v) is 2.77. The van der Waals surface area contributed by atoms with Gasteiger partial charge in [0.05, 0.1) is 5.52 Å². The summed E-state index contributed by atoms with van der Waals surface area (Å²) >= 11 is 0. The summed E-state index contributed by atoms with van der Waals surface area (Å²) in [4.78, 5) is 3.11. The average molecular weight is 235 g/mol. The monoisotopic (exact) mass is 235 g/mol.